The van der Waals surface area contributed by atoms with Crippen LogP contribution in [0.3, 0.4) is 0 Å². The van der Waals surface area contributed by atoms with Crippen molar-refractivity contribution in [3.05, 3.63) is 51.9 Å². The lowest BCUT2D eigenvalue weighted by molar-refractivity contribution is 0.102. The highest BCUT2D eigenvalue weighted by atomic mass is 32.2. The number of aromatic nitrogens is 2. The predicted molar refractivity (Wildman–Crippen MR) is 101 cm³/mol. The number of ketones is 1. The van der Waals surface area contributed by atoms with Crippen LogP contribution in [0.1, 0.15) is 23.0 Å². The summed E-state index contributed by atoms with van der Waals surface area (Å²) in [5.41, 5.74) is 1.50. The molecule has 5 nitrogen and oxygen atoms in total. The molecule has 132 valence electrons. The van der Waals surface area contributed by atoms with Crippen LogP contribution in [0.2, 0.25) is 0 Å². The summed E-state index contributed by atoms with van der Waals surface area (Å²) in [4.78, 5) is 30.6. The zero-order valence-corrected chi connectivity index (χ0v) is 15.9. The van der Waals surface area contributed by atoms with E-state index in [1.807, 2.05) is 18.2 Å². The minimum absolute atomic E-state index is 0.0222. The Balaban J connectivity index is 1.84. The number of hydrogen-bond acceptors (Lipinski definition) is 6. The molecule has 0 aliphatic carbocycles. The summed E-state index contributed by atoms with van der Waals surface area (Å²) in [6.45, 7) is 2.96. The van der Waals surface area contributed by atoms with E-state index in [0.717, 1.165) is 17.0 Å². The lowest BCUT2D eigenvalue weighted by Gasteiger charge is -2.13. The molecule has 0 fully saturated rings. The van der Waals surface area contributed by atoms with E-state index in [9.17, 15) is 9.59 Å². The van der Waals surface area contributed by atoms with Gasteiger partial charge in [0.25, 0.3) is 5.56 Å². The molecular weight excluding hydrogens is 356 g/mol. The summed E-state index contributed by atoms with van der Waals surface area (Å²) < 4.78 is 6.76. The Morgan fingerprint density at radius 2 is 2.16 bits per heavy atom. The average molecular weight is 377 g/mol. The molecule has 0 saturated heterocycles. The fourth-order valence-corrected chi connectivity index (χ4v) is 4.71. The molecule has 3 rings (SSSR count). The summed E-state index contributed by atoms with van der Waals surface area (Å²) in [6, 6.07) is 9.18. The summed E-state index contributed by atoms with van der Waals surface area (Å²) in [7, 11) is 1.61. The van der Waals surface area contributed by atoms with Gasteiger partial charge in [0.2, 0.25) is 0 Å². The largest absolute Gasteiger partial charge is 0.383 e. The molecule has 0 bridgehead atoms. The number of Topliss-reactive ketones (excluding diaryl/α,β-unsaturated/α-hetero) is 1. The molecular formula is C18H20N2O3S2. The molecule has 0 radical (unpaired) electrons. The quantitative estimate of drug-likeness (QED) is 0.421. The number of methoxy groups -OCH3 is 1. The molecule has 0 spiro atoms. The summed E-state index contributed by atoms with van der Waals surface area (Å²) in [6.07, 6.45) is 0.792. The molecule has 0 amide bonds. The first kappa shape index (κ1) is 18.2. The van der Waals surface area contributed by atoms with E-state index in [2.05, 4.69) is 11.9 Å². The van der Waals surface area contributed by atoms with E-state index >= 15 is 0 Å². The molecule has 25 heavy (non-hydrogen) atoms. The van der Waals surface area contributed by atoms with Crippen LogP contribution in [0, 0.1) is 0 Å². The van der Waals surface area contributed by atoms with Crippen LogP contribution in [0.5, 0.6) is 0 Å². The van der Waals surface area contributed by atoms with Crippen molar-refractivity contribution in [1.82, 2.24) is 9.55 Å². The smallest absolute Gasteiger partial charge is 0.268 e. The Labute approximate surface area is 155 Å². The molecule has 1 aromatic carbocycles. The van der Waals surface area contributed by atoms with Crippen LogP contribution < -0.4 is 5.56 Å². The number of ether oxygens (including phenoxy) is 1. The van der Waals surface area contributed by atoms with Gasteiger partial charge in [-0.05, 0) is 0 Å². The second kappa shape index (κ2) is 8.21. The van der Waals surface area contributed by atoms with Crippen LogP contribution in [0.15, 0.2) is 45.2 Å². The Hall–Kier alpha value is -1.57. The molecule has 2 aromatic rings. The maximum atomic E-state index is 12.8. The van der Waals surface area contributed by atoms with E-state index in [0.29, 0.717) is 29.1 Å². The summed E-state index contributed by atoms with van der Waals surface area (Å²) >= 11 is 2.90. The van der Waals surface area contributed by atoms with Gasteiger partial charge in [-0.2, -0.15) is 0 Å². The van der Waals surface area contributed by atoms with Gasteiger partial charge in [-0.1, -0.05) is 49.0 Å². The highest BCUT2D eigenvalue weighted by Crippen LogP contribution is 2.34. The zero-order valence-electron chi connectivity index (χ0n) is 14.2. The number of hydrogen-bond donors (Lipinski definition) is 0. The van der Waals surface area contributed by atoms with Crippen LogP contribution in [0.4, 0.5) is 0 Å². The maximum Gasteiger partial charge on any atom is 0.268 e. The minimum Gasteiger partial charge on any atom is -0.383 e. The van der Waals surface area contributed by atoms with Gasteiger partial charge in [-0.3, -0.25) is 14.2 Å². The fourth-order valence-electron chi connectivity index (χ4n) is 2.66. The lowest BCUT2D eigenvalue weighted by atomic mass is 10.2. The molecule has 2 heterocycles. The molecule has 7 heteroatoms. The van der Waals surface area contributed by atoms with Crippen LogP contribution >= 0.6 is 23.5 Å². The molecule has 0 N–H and O–H groups in total. The van der Waals surface area contributed by atoms with Crippen molar-refractivity contribution < 1.29 is 9.53 Å². The highest BCUT2D eigenvalue weighted by Gasteiger charge is 2.26. The van der Waals surface area contributed by atoms with Gasteiger partial charge in [-0.25, -0.2) is 4.98 Å². The Kier molecular flexibility index (Phi) is 5.98. The third kappa shape index (κ3) is 4.16. The Morgan fingerprint density at radius 1 is 1.40 bits per heavy atom. The van der Waals surface area contributed by atoms with Crippen LogP contribution in [0.25, 0.3) is 0 Å². The SMILES string of the molecule is COCCn1c(SCC(=O)c2ccccc2)nc2c(c1=O)S[C@H](C)C2. The lowest BCUT2D eigenvalue weighted by Crippen LogP contribution is -2.27. The maximum absolute atomic E-state index is 12.8. The molecule has 1 aliphatic rings. The van der Waals surface area contributed by atoms with Crippen molar-refractivity contribution in [2.45, 2.75) is 35.2 Å². The zero-order chi connectivity index (χ0) is 17.8. The first-order valence-electron chi connectivity index (χ1n) is 8.10. The van der Waals surface area contributed by atoms with Gasteiger partial charge >= 0.3 is 0 Å². The second-order valence-electron chi connectivity index (χ2n) is 5.83. The third-order valence-electron chi connectivity index (χ3n) is 3.91. The fraction of sp³-hybridized carbons (Fsp3) is 0.389. The van der Waals surface area contributed by atoms with Gasteiger partial charge in [0.15, 0.2) is 10.9 Å². The molecule has 0 unspecified atom stereocenters. The monoisotopic (exact) mass is 376 g/mol. The standard InChI is InChI=1S/C18H20N2O3S2/c1-12-10-14-16(25-12)17(22)20(8-9-23-2)18(19-14)24-11-15(21)13-6-4-3-5-7-13/h3-7,12H,8-11H2,1-2H3/t12-/m1/s1. The van der Waals surface area contributed by atoms with E-state index in [1.54, 1.807) is 35.6 Å². The van der Waals surface area contributed by atoms with E-state index < -0.39 is 0 Å². The number of thioether (sulfide) groups is 2. The van der Waals surface area contributed by atoms with Crippen molar-refractivity contribution in [3.8, 4) is 0 Å². The second-order valence-corrected chi connectivity index (χ2v) is 8.22. The van der Waals surface area contributed by atoms with Gasteiger partial charge in [0, 0.05) is 24.3 Å². The number of nitrogens with zero attached hydrogens (tertiary/aromatic N) is 2. The van der Waals surface area contributed by atoms with Crippen molar-refractivity contribution in [2.75, 3.05) is 19.5 Å². The van der Waals surface area contributed by atoms with Crippen molar-refractivity contribution in [2.24, 2.45) is 0 Å². The van der Waals surface area contributed by atoms with Crippen molar-refractivity contribution >= 4 is 29.3 Å². The van der Waals surface area contributed by atoms with E-state index in [1.165, 1.54) is 11.8 Å². The average Bonchev–Trinajstić information content (AvgIpc) is 3.00. The van der Waals surface area contributed by atoms with Gasteiger partial charge in [0.05, 0.1) is 29.5 Å². The van der Waals surface area contributed by atoms with Crippen molar-refractivity contribution in [1.29, 1.82) is 0 Å². The summed E-state index contributed by atoms with van der Waals surface area (Å²) in [5, 5.41) is 0.956. The number of benzene rings is 1. The van der Waals surface area contributed by atoms with Crippen LogP contribution in [-0.2, 0) is 17.7 Å². The molecule has 1 atom stereocenters. The molecule has 1 aliphatic heterocycles. The normalized spacial score (nSPS) is 16.0. The first-order valence-corrected chi connectivity index (χ1v) is 9.97. The Morgan fingerprint density at radius 3 is 2.88 bits per heavy atom. The van der Waals surface area contributed by atoms with E-state index in [4.69, 9.17) is 4.74 Å². The summed E-state index contributed by atoms with van der Waals surface area (Å²) in [5.74, 6) is 0.284. The van der Waals surface area contributed by atoms with Crippen LogP contribution in [-0.4, -0.2) is 40.1 Å². The predicted octanol–water partition coefficient (Wildman–Crippen LogP) is 2.90. The number of fused-ring (bicyclic) bond motifs is 1. The highest BCUT2D eigenvalue weighted by molar-refractivity contribution is 8.00. The van der Waals surface area contributed by atoms with E-state index in [-0.39, 0.29) is 17.1 Å². The first-order chi connectivity index (χ1) is 12.1. The molecule has 0 saturated carbocycles. The number of carbonyl (C=O) groups excluding carboxylic acids is 1. The Bertz CT molecular complexity index is 821. The number of carbonyl (C=O) groups is 1. The van der Waals surface area contributed by atoms with Gasteiger partial charge < -0.3 is 4.74 Å². The minimum atomic E-state index is -0.0222. The molecule has 1 aromatic heterocycles. The third-order valence-corrected chi connectivity index (χ3v) is 6.10. The number of rotatable bonds is 7. The van der Waals surface area contributed by atoms with Gasteiger partial charge in [0.1, 0.15) is 0 Å². The van der Waals surface area contributed by atoms with Gasteiger partial charge in [-0.15, -0.1) is 11.8 Å². The van der Waals surface area contributed by atoms with Crippen molar-refractivity contribution in [3.63, 3.8) is 0 Å². The topological polar surface area (TPSA) is 61.2 Å².